The van der Waals surface area contributed by atoms with Gasteiger partial charge in [-0.2, -0.15) is 0 Å². The predicted octanol–water partition coefficient (Wildman–Crippen LogP) is -7.85. The average Bonchev–Trinajstić information content (AvgIpc) is 2.34. The molecule has 0 aromatic carbocycles. The average molecular weight is 462 g/mol. The van der Waals surface area contributed by atoms with E-state index in [2.05, 4.69) is 0 Å². The summed E-state index contributed by atoms with van der Waals surface area (Å²) in [6, 6.07) is 0. The zero-order valence-electron chi connectivity index (χ0n) is 16.4. The van der Waals surface area contributed by atoms with Crippen molar-refractivity contribution in [3.63, 3.8) is 0 Å². The Kier molecular flexibility index (Phi) is 24.4. The number of hydrogen-bond donors (Lipinski definition) is 8. The molecule has 0 atom stereocenters. The number of carboxylic acids is 6. The zero-order valence-corrected chi connectivity index (χ0v) is 17.4. The van der Waals surface area contributed by atoms with Gasteiger partial charge in [0, 0.05) is 0 Å². The summed E-state index contributed by atoms with van der Waals surface area (Å²) in [4.78, 5) is 61.0. The molecule has 0 saturated heterocycles. The maximum atomic E-state index is 10.3. The molecule has 30 heavy (non-hydrogen) atoms. The molecule has 0 fully saturated rings. The minimum Gasteiger partial charge on any atom is -1.00 e. The Morgan fingerprint density at radius 3 is 0.700 bits per heavy atom. The first-order valence-corrected chi connectivity index (χ1v) is 6.34. The normalized spacial score (nSPS) is 9.40. The fraction of sp³-hybridized carbons (Fsp3) is 0.500. The first kappa shape index (κ1) is 41.9. The van der Waals surface area contributed by atoms with Crippen LogP contribution in [0.2, 0.25) is 0 Å². The topological polar surface area (TPSA) is 359 Å². The Hall–Kier alpha value is -2.38. The van der Waals surface area contributed by atoms with E-state index in [1.54, 1.807) is 0 Å². The van der Waals surface area contributed by atoms with E-state index in [1.165, 1.54) is 0 Å². The van der Waals surface area contributed by atoms with Gasteiger partial charge in [0.1, 0.15) is 0 Å². The molecule has 0 amide bonds. The van der Waals surface area contributed by atoms with E-state index in [-0.39, 0.29) is 47.4 Å². The second-order valence-electron chi connectivity index (χ2n) is 4.96. The summed E-state index contributed by atoms with van der Waals surface area (Å²) < 4.78 is 0. The van der Waals surface area contributed by atoms with E-state index in [0.29, 0.717) is 0 Å². The Morgan fingerprint density at radius 2 is 0.633 bits per heavy atom. The molecule has 18 heteroatoms. The SMILES string of the molecule is O.O.O.O=C(O)CC(O)(CC(=O)O)C(=O)O.O=C(O)CC(O)(CC(=O)O)C(=O)O.[H-].[Na+]. The van der Waals surface area contributed by atoms with Gasteiger partial charge in [0.05, 0.1) is 25.7 Å². The summed E-state index contributed by atoms with van der Waals surface area (Å²) in [5, 5.41) is 67.6. The van der Waals surface area contributed by atoms with Crippen LogP contribution in [0.5, 0.6) is 0 Å². The van der Waals surface area contributed by atoms with Crippen molar-refractivity contribution in [2.45, 2.75) is 36.9 Å². The van der Waals surface area contributed by atoms with Gasteiger partial charge in [0.2, 0.25) is 0 Å². The molecule has 14 N–H and O–H groups in total. The van der Waals surface area contributed by atoms with E-state index in [4.69, 9.17) is 40.9 Å². The van der Waals surface area contributed by atoms with E-state index in [0.717, 1.165) is 0 Å². The standard InChI is InChI=1S/2C6H8O7.Na.3H2O.H/c2*7-3(8)1-6(13,5(11)12)2-4(9)10;;;;;/h2*13H,1-2H2,(H,7,8)(H,9,10)(H,11,12);;3*1H2;/q;;+1;;;;-1. The predicted molar refractivity (Wildman–Crippen MR) is 86.1 cm³/mol. The molecule has 174 valence electrons. The van der Waals surface area contributed by atoms with Crippen LogP contribution in [0.15, 0.2) is 0 Å². The van der Waals surface area contributed by atoms with Gasteiger partial charge in [-0.25, -0.2) is 9.59 Å². The van der Waals surface area contributed by atoms with Crippen molar-refractivity contribution in [2.75, 3.05) is 0 Å². The van der Waals surface area contributed by atoms with Crippen molar-refractivity contribution >= 4 is 35.8 Å². The fourth-order valence-corrected chi connectivity index (χ4v) is 1.43. The Labute approximate surface area is 189 Å². The van der Waals surface area contributed by atoms with Gasteiger partial charge in [0.15, 0.2) is 11.2 Å². The summed E-state index contributed by atoms with van der Waals surface area (Å²) in [5.41, 5.74) is -5.48. The third-order valence-electron chi connectivity index (χ3n) is 2.57. The Bertz CT molecular complexity index is 522. The molecular formula is C12H23NaO17. The monoisotopic (exact) mass is 462 g/mol. The van der Waals surface area contributed by atoms with Crippen LogP contribution >= 0.6 is 0 Å². The number of carbonyl (C=O) groups is 6. The van der Waals surface area contributed by atoms with Gasteiger partial charge in [-0.1, -0.05) is 0 Å². The first-order valence-electron chi connectivity index (χ1n) is 6.34. The molecule has 0 spiro atoms. The fourth-order valence-electron chi connectivity index (χ4n) is 1.43. The molecule has 0 heterocycles. The van der Waals surface area contributed by atoms with Gasteiger partial charge < -0.3 is 58.7 Å². The second kappa shape index (κ2) is 17.5. The maximum Gasteiger partial charge on any atom is 1.00 e. The Balaban J connectivity index is -0.0000000640. The molecule has 0 unspecified atom stereocenters. The molecule has 0 radical (unpaired) electrons. The minimum absolute atomic E-state index is 0. The molecule has 0 aromatic heterocycles. The molecule has 0 aliphatic rings. The molecule has 0 bridgehead atoms. The van der Waals surface area contributed by atoms with E-state index in [9.17, 15) is 28.8 Å². The molecule has 0 aliphatic carbocycles. The summed E-state index contributed by atoms with van der Waals surface area (Å²) in [5.74, 6) is -10.0. The number of aliphatic hydroxyl groups is 2. The maximum absolute atomic E-state index is 10.3. The summed E-state index contributed by atoms with van der Waals surface area (Å²) in [7, 11) is 0. The van der Waals surface area contributed by atoms with Crippen LogP contribution < -0.4 is 29.6 Å². The van der Waals surface area contributed by atoms with Crippen molar-refractivity contribution in [3.8, 4) is 0 Å². The van der Waals surface area contributed by atoms with Crippen LogP contribution in [0.1, 0.15) is 27.1 Å². The first-order chi connectivity index (χ1) is 11.6. The van der Waals surface area contributed by atoms with E-state index < -0.39 is 72.7 Å². The number of carboxylic acid groups (broad SMARTS) is 6. The van der Waals surface area contributed by atoms with Crippen LogP contribution in [-0.4, -0.2) is 104 Å². The van der Waals surface area contributed by atoms with Crippen LogP contribution in [0.4, 0.5) is 0 Å². The third-order valence-corrected chi connectivity index (χ3v) is 2.57. The quantitative estimate of drug-likeness (QED) is 0.140. The largest absolute Gasteiger partial charge is 1.00 e. The minimum atomic E-state index is -2.74. The number of rotatable bonds is 10. The van der Waals surface area contributed by atoms with E-state index in [1.807, 2.05) is 0 Å². The van der Waals surface area contributed by atoms with Gasteiger partial charge >= 0.3 is 65.4 Å². The molecular weight excluding hydrogens is 439 g/mol. The van der Waals surface area contributed by atoms with Crippen LogP contribution in [0.3, 0.4) is 0 Å². The number of hydrogen-bond acceptors (Lipinski definition) is 8. The van der Waals surface area contributed by atoms with Crippen molar-refractivity contribution in [1.82, 2.24) is 0 Å². The van der Waals surface area contributed by atoms with Gasteiger partial charge in [-0.05, 0) is 0 Å². The number of aliphatic carboxylic acids is 6. The molecule has 0 rings (SSSR count). The zero-order chi connectivity index (χ0) is 21.3. The van der Waals surface area contributed by atoms with Gasteiger partial charge in [0.25, 0.3) is 0 Å². The van der Waals surface area contributed by atoms with Gasteiger partial charge in [-0.15, -0.1) is 0 Å². The molecule has 17 nitrogen and oxygen atoms in total. The smallest absolute Gasteiger partial charge is 1.00 e. The third kappa shape index (κ3) is 17.7. The summed E-state index contributed by atoms with van der Waals surface area (Å²) in [6.07, 6.45) is -4.58. The van der Waals surface area contributed by atoms with Crippen molar-refractivity contribution < 1.29 is 117 Å². The van der Waals surface area contributed by atoms with Crippen molar-refractivity contribution in [1.29, 1.82) is 0 Å². The van der Waals surface area contributed by atoms with Crippen molar-refractivity contribution in [2.24, 2.45) is 0 Å². The summed E-state index contributed by atoms with van der Waals surface area (Å²) in [6.45, 7) is 0. The van der Waals surface area contributed by atoms with E-state index >= 15 is 0 Å². The summed E-state index contributed by atoms with van der Waals surface area (Å²) >= 11 is 0. The molecule has 0 aliphatic heterocycles. The van der Waals surface area contributed by atoms with Crippen LogP contribution in [0.25, 0.3) is 0 Å². The van der Waals surface area contributed by atoms with Crippen LogP contribution in [0, 0.1) is 0 Å². The molecule has 0 aromatic rings. The molecule has 0 saturated carbocycles. The van der Waals surface area contributed by atoms with Gasteiger partial charge in [-0.3, -0.25) is 19.2 Å². The van der Waals surface area contributed by atoms with Crippen molar-refractivity contribution in [3.05, 3.63) is 0 Å². The second-order valence-corrected chi connectivity index (χ2v) is 4.96. The Morgan fingerprint density at radius 1 is 0.500 bits per heavy atom. The van der Waals surface area contributed by atoms with Crippen LogP contribution in [-0.2, 0) is 28.8 Å².